The Balaban J connectivity index is 4.01. The van der Waals surface area contributed by atoms with E-state index in [1.54, 1.807) is 13.8 Å². The highest BCUT2D eigenvalue weighted by Gasteiger charge is 2.45. The summed E-state index contributed by atoms with van der Waals surface area (Å²) in [6.45, 7) is 8.05. The van der Waals surface area contributed by atoms with Crippen LogP contribution in [0.15, 0.2) is 0 Å². The van der Waals surface area contributed by atoms with Crippen LogP contribution in [0.4, 0.5) is 0 Å². The van der Waals surface area contributed by atoms with E-state index in [0.717, 1.165) is 38.5 Å². The normalized spacial score (nSPS) is 14.2. The molecule has 0 aromatic carbocycles. The average Bonchev–Trinajstić information content (AvgIpc) is 3.04. The van der Waals surface area contributed by atoms with Gasteiger partial charge in [0.1, 0.15) is 9.49 Å². The quantitative estimate of drug-likeness (QED) is 0.0634. The SMILES string of the molecule is CCCCCCCCCCCCCCCCCCC(C)(SC(C)(CCCCCCCCCCCCCCCCCC)C(=O)O)C(=O)O. The van der Waals surface area contributed by atoms with Gasteiger partial charge in [-0.3, -0.25) is 9.59 Å². The molecule has 0 aliphatic carbocycles. The lowest BCUT2D eigenvalue weighted by Crippen LogP contribution is -2.42. The first-order chi connectivity index (χ1) is 22.7. The largest absolute Gasteiger partial charge is 0.480 e. The molecule has 0 aromatic heterocycles. The summed E-state index contributed by atoms with van der Waals surface area (Å²) in [4.78, 5) is 24.6. The van der Waals surface area contributed by atoms with Gasteiger partial charge >= 0.3 is 11.9 Å². The molecule has 4 nitrogen and oxygen atoms in total. The van der Waals surface area contributed by atoms with Gasteiger partial charge < -0.3 is 10.2 Å². The molecule has 0 bridgehead atoms. The maximum Gasteiger partial charge on any atom is 0.319 e. The molecular formula is C42H82O4S. The third kappa shape index (κ3) is 27.8. The molecule has 0 aliphatic heterocycles. The van der Waals surface area contributed by atoms with Crippen molar-refractivity contribution in [3.8, 4) is 0 Å². The van der Waals surface area contributed by atoms with E-state index in [9.17, 15) is 19.8 Å². The van der Waals surface area contributed by atoms with Gasteiger partial charge in [0.05, 0.1) is 0 Å². The van der Waals surface area contributed by atoms with Gasteiger partial charge in [-0.1, -0.05) is 219 Å². The summed E-state index contributed by atoms with van der Waals surface area (Å²) in [6, 6.07) is 0. The molecule has 0 aromatic rings. The van der Waals surface area contributed by atoms with Crippen molar-refractivity contribution >= 4 is 23.7 Å². The molecule has 47 heavy (non-hydrogen) atoms. The molecule has 5 heteroatoms. The minimum Gasteiger partial charge on any atom is -0.480 e. The van der Waals surface area contributed by atoms with Crippen molar-refractivity contribution in [1.29, 1.82) is 0 Å². The van der Waals surface area contributed by atoms with Crippen molar-refractivity contribution in [2.45, 2.75) is 255 Å². The number of hydrogen-bond donors (Lipinski definition) is 2. The number of carboxylic acid groups (broad SMARTS) is 2. The predicted octanol–water partition coefficient (Wildman–Crippen LogP) is 14.7. The molecule has 2 atom stereocenters. The van der Waals surface area contributed by atoms with E-state index in [-0.39, 0.29) is 0 Å². The van der Waals surface area contributed by atoms with Crippen LogP contribution in [0.3, 0.4) is 0 Å². The first kappa shape index (κ1) is 46.3. The van der Waals surface area contributed by atoms with Gasteiger partial charge in [-0.05, 0) is 26.7 Å². The van der Waals surface area contributed by atoms with E-state index in [1.807, 2.05) is 0 Å². The van der Waals surface area contributed by atoms with Crippen molar-refractivity contribution in [1.82, 2.24) is 0 Å². The second kappa shape index (κ2) is 32.5. The maximum absolute atomic E-state index is 12.3. The van der Waals surface area contributed by atoms with E-state index in [0.29, 0.717) is 12.8 Å². The predicted molar refractivity (Wildman–Crippen MR) is 208 cm³/mol. The number of carboxylic acids is 2. The summed E-state index contributed by atoms with van der Waals surface area (Å²) in [7, 11) is 0. The number of thioether (sulfide) groups is 1. The van der Waals surface area contributed by atoms with Crippen LogP contribution in [-0.4, -0.2) is 31.6 Å². The van der Waals surface area contributed by atoms with Crippen molar-refractivity contribution in [2.75, 3.05) is 0 Å². The van der Waals surface area contributed by atoms with Crippen molar-refractivity contribution < 1.29 is 19.8 Å². The Morgan fingerprint density at radius 3 is 0.702 bits per heavy atom. The summed E-state index contributed by atoms with van der Waals surface area (Å²) in [5.74, 6) is -1.74. The second-order valence-electron chi connectivity index (χ2n) is 15.3. The van der Waals surface area contributed by atoms with Gasteiger partial charge in [0.25, 0.3) is 0 Å². The lowest BCUT2D eigenvalue weighted by molar-refractivity contribution is -0.139. The molecule has 2 N–H and O–H groups in total. The van der Waals surface area contributed by atoms with E-state index < -0.39 is 21.4 Å². The Kier molecular flexibility index (Phi) is 32.0. The van der Waals surface area contributed by atoms with Crippen molar-refractivity contribution in [3.63, 3.8) is 0 Å². The molecule has 0 fully saturated rings. The van der Waals surface area contributed by atoms with E-state index >= 15 is 0 Å². The monoisotopic (exact) mass is 683 g/mol. The smallest absolute Gasteiger partial charge is 0.319 e. The Morgan fingerprint density at radius 1 is 0.362 bits per heavy atom. The third-order valence-electron chi connectivity index (χ3n) is 10.4. The highest BCUT2D eigenvalue weighted by molar-refractivity contribution is 8.03. The lowest BCUT2D eigenvalue weighted by Gasteiger charge is -2.34. The van der Waals surface area contributed by atoms with Crippen LogP contribution >= 0.6 is 11.8 Å². The van der Waals surface area contributed by atoms with Crippen LogP contribution in [-0.2, 0) is 9.59 Å². The number of rotatable bonds is 38. The minimum absolute atomic E-state index is 0.535. The van der Waals surface area contributed by atoms with E-state index in [4.69, 9.17) is 0 Å². The summed E-state index contributed by atoms with van der Waals surface area (Å²) < 4.78 is -2.11. The van der Waals surface area contributed by atoms with Crippen molar-refractivity contribution in [2.24, 2.45) is 0 Å². The van der Waals surface area contributed by atoms with Crippen LogP contribution < -0.4 is 0 Å². The van der Waals surface area contributed by atoms with Crippen LogP contribution in [0.5, 0.6) is 0 Å². The van der Waals surface area contributed by atoms with Crippen LogP contribution in [0.2, 0.25) is 0 Å². The van der Waals surface area contributed by atoms with Crippen LogP contribution in [0.1, 0.15) is 246 Å². The fourth-order valence-electron chi connectivity index (χ4n) is 6.92. The van der Waals surface area contributed by atoms with Gasteiger partial charge in [0.15, 0.2) is 0 Å². The standard InChI is InChI=1S/C42H82O4S/c1-5-7-9-11-13-15-17-19-21-23-25-27-29-31-33-35-37-41(3,39(43)44)47-42(4,40(45)46)38-36-34-32-30-28-26-24-22-20-18-16-14-12-10-8-6-2/h5-38H2,1-4H3,(H,43,44)(H,45,46). The molecule has 0 saturated carbocycles. The van der Waals surface area contributed by atoms with Gasteiger partial charge in [0, 0.05) is 0 Å². The molecule has 0 aliphatic rings. The van der Waals surface area contributed by atoms with Crippen LogP contribution in [0, 0.1) is 0 Å². The molecular weight excluding hydrogens is 601 g/mol. The molecule has 0 spiro atoms. The number of carbonyl (C=O) groups is 2. The first-order valence-electron chi connectivity index (χ1n) is 20.9. The molecule has 0 rings (SSSR count). The molecule has 0 radical (unpaired) electrons. The maximum atomic E-state index is 12.3. The van der Waals surface area contributed by atoms with Crippen LogP contribution in [0.25, 0.3) is 0 Å². The Hall–Kier alpha value is -0.710. The lowest BCUT2D eigenvalue weighted by atomic mass is 9.99. The number of aliphatic carboxylic acids is 2. The third-order valence-corrected chi connectivity index (χ3v) is 12.0. The van der Waals surface area contributed by atoms with Gasteiger partial charge in [0.2, 0.25) is 0 Å². The number of hydrogen-bond acceptors (Lipinski definition) is 3. The highest BCUT2D eigenvalue weighted by Crippen LogP contribution is 2.43. The fourth-order valence-corrected chi connectivity index (χ4v) is 8.58. The fraction of sp³-hybridized carbons (Fsp3) is 0.952. The molecule has 280 valence electrons. The zero-order valence-corrected chi connectivity index (χ0v) is 33.0. The first-order valence-corrected chi connectivity index (χ1v) is 21.7. The highest BCUT2D eigenvalue weighted by atomic mass is 32.2. The molecule has 0 saturated heterocycles. The Bertz CT molecular complexity index is 655. The Labute approximate surface area is 298 Å². The topological polar surface area (TPSA) is 74.6 Å². The summed E-state index contributed by atoms with van der Waals surface area (Å²) in [5, 5.41) is 20.2. The average molecular weight is 683 g/mol. The summed E-state index contributed by atoms with van der Waals surface area (Å²) >= 11 is 1.19. The Morgan fingerprint density at radius 2 is 0.532 bits per heavy atom. The number of unbranched alkanes of at least 4 members (excludes halogenated alkanes) is 30. The minimum atomic E-state index is -1.06. The zero-order valence-electron chi connectivity index (χ0n) is 32.2. The van der Waals surface area contributed by atoms with Gasteiger partial charge in [-0.25, -0.2) is 0 Å². The van der Waals surface area contributed by atoms with Gasteiger partial charge in [-0.2, -0.15) is 0 Å². The van der Waals surface area contributed by atoms with Gasteiger partial charge in [-0.15, -0.1) is 11.8 Å². The molecule has 0 heterocycles. The second-order valence-corrected chi connectivity index (χ2v) is 17.3. The van der Waals surface area contributed by atoms with E-state index in [2.05, 4.69) is 13.8 Å². The molecule has 2 unspecified atom stereocenters. The van der Waals surface area contributed by atoms with Crippen molar-refractivity contribution in [3.05, 3.63) is 0 Å². The molecule has 0 amide bonds. The van der Waals surface area contributed by atoms with E-state index in [1.165, 1.54) is 179 Å². The summed E-state index contributed by atoms with van der Waals surface area (Å²) in [6.07, 6.45) is 42.4. The summed E-state index contributed by atoms with van der Waals surface area (Å²) in [5.41, 5.74) is 0. The zero-order chi connectivity index (χ0) is 34.9.